The standard InChI is InChI=1S/C25H27N5O2S/c1-18-3-4-21(15-20(18)17-29-11-13-32-14-12-29)27-25-26-16-19-9-10-30(24(19)28-25)22-5-7-23(8-6-22)33(2)31/h3-10,15-16H,11-14,17H2,1-2H3,(H,26,27,28). The second-order valence-corrected chi connectivity index (χ2v) is 9.64. The zero-order chi connectivity index (χ0) is 22.8. The quantitative estimate of drug-likeness (QED) is 0.467. The lowest BCUT2D eigenvalue weighted by Crippen LogP contribution is -2.35. The monoisotopic (exact) mass is 461 g/mol. The Hall–Kier alpha value is -3.07. The van der Waals surface area contributed by atoms with E-state index in [0.29, 0.717) is 5.95 Å². The highest BCUT2D eigenvalue weighted by atomic mass is 32.2. The fourth-order valence-electron chi connectivity index (χ4n) is 4.03. The molecule has 1 fully saturated rings. The molecule has 1 aliphatic rings. The van der Waals surface area contributed by atoms with Crippen molar-refractivity contribution >= 4 is 33.5 Å². The van der Waals surface area contributed by atoms with E-state index in [1.54, 1.807) is 6.26 Å². The Balaban J connectivity index is 1.40. The van der Waals surface area contributed by atoms with E-state index >= 15 is 0 Å². The van der Waals surface area contributed by atoms with Crippen molar-refractivity contribution in [1.82, 2.24) is 19.4 Å². The summed E-state index contributed by atoms with van der Waals surface area (Å²) in [6.07, 6.45) is 5.50. The summed E-state index contributed by atoms with van der Waals surface area (Å²) in [6.45, 7) is 6.57. The van der Waals surface area contributed by atoms with Crippen LogP contribution in [-0.2, 0) is 22.1 Å². The van der Waals surface area contributed by atoms with E-state index in [2.05, 4.69) is 40.3 Å². The van der Waals surface area contributed by atoms with Crippen LogP contribution in [0.3, 0.4) is 0 Å². The largest absolute Gasteiger partial charge is 0.379 e. The van der Waals surface area contributed by atoms with Gasteiger partial charge in [0.1, 0.15) is 5.65 Å². The van der Waals surface area contributed by atoms with Crippen molar-refractivity contribution in [3.05, 3.63) is 72.1 Å². The third kappa shape index (κ3) is 4.83. The number of fused-ring (bicyclic) bond motifs is 1. The van der Waals surface area contributed by atoms with Gasteiger partial charge in [-0.1, -0.05) is 6.07 Å². The van der Waals surface area contributed by atoms with Gasteiger partial charge in [0.25, 0.3) is 0 Å². The maximum Gasteiger partial charge on any atom is 0.229 e. The summed E-state index contributed by atoms with van der Waals surface area (Å²) in [7, 11) is -0.998. The molecule has 1 N–H and O–H groups in total. The van der Waals surface area contributed by atoms with Gasteiger partial charge in [-0.15, -0.1) is 0 Å². The van der Waals surface area contributed by atoms with Crippen LogP contribution in [0.25, 0.3) is 16.7 Å². The van der Waals surface area contributed by atoms with Crippen LogP contribution in [0.15, 0.2) is 65.8 Å². The smallest absolute Gasteiger partial charge is 0.229 e. The lowest BCUT2D eigenvalue weighted by molar-refractivity contribution is 0.0341. The molecule has 0 aliphatic carbocycles. The van der Waals surface area contributed by atoms with Crippen molar-refractivity contribution in [2.24, 2.45) is 0 Å². The summed E-state index contributed by atoms with van der Waals surface area (Å²) in [5, 5.41) is 4.33. The van der Waals surface area contributed by atoms with Crippen LogP contribution in [-0.4, -0.2) is 56.2 Å². The predicted octanol–water partition coefficient (Wildman–Crippen LogP) is 4.04. The van der Waals surface area contributed by atoms with Crippen molar-refractivity contribution in [1.29, 1.82) is 0 Å². The molecule has 0 bridgehead atoms. The fourth-order valence-corrected chi connectivity index (χ4v) is 4.55. The molecule has 1 saturated heterocycles. The maximum atomic E-state index is 11.7. The Morgan fingerprint density at radius 1 is 1.09 bits per heavy atom. The molecule has 1 atom stereocenters. The summed E-state index contributed by atoms with van der Waals surface area (Å²) in [5.74, 6) is 0.551. The Morgan fingerprint density at radius 3 is 2.64 bits per heavy atom. The molecule has 1 unspecified atom stereocenters. The van der Waals surface area contributed by atoms with Gasteiger partial charge >= 0.3 is 0 Å². The molecule has 2 aromatic carbocycles. The molecule has 7 nitrogen and oxygen atoms in total. The first-order valence-corrected chi connectivity index (χ1v) is 12.6. The maximum absolute atomic E-state index is 11.7. The molecule has 1 aliphatic heterocycles. The van der Waals surface area contributed by atoms with Crippen molar-refractivity contribution in [2.75, 3.05) is 37.9 Å². The first-order chi connectivity index (χ1) is 16.1. The van der Waals surface area contributed by atoms with E-state index in [4.69, 9.17) is 9.72 Å². The Labute approximate surface area is 195 Å². The highest BCUT2D eigenvalue weighted by molar-refractivity contribution is 7.84. The molecular formula is C25H27N5O2S. The second kappa shape index (κ2) is 9.43. The van der Waals surface area contributed by atoms with Gasteiger partial charge in [-0.3, -0.25) is 9.11 Å². The second-order valence-electron chi connectivity index (χ2n) is 8.26. The number of ether oxygens (including phenoxy) is 1. The zero-order valence-electron chi connectivity index (χ0n) is 18.8. The molecule has 0 spiro atoms. The lowest BCUT2D eigenvalue weighted by atomic mass is 10.1. The van der Waals surface area contributed by atoms with Gasteiger partial charge < -0.3 is 14.6 Å². The SMILES string of the molecule is Cc1ccc(Nc2ncc3ccn(-c4ccc(S(C)=O)cc4)c3n2)cc1CN1CCOCC1. The van der Waals surface area contributed by atoms with Crippen molar-refractivity contribution in [3.8, 4) is 5.69 Å². The average Bonchev–Trinajstić information content (AvgIpc) is 3.25. The van der Waals surface area contributed by atoms with E-state index < -0.39 is 10.8 Å². The third-order valence-electron chi connectivity index (χ3n) is 5.98. The molecule has 170 valence electrons. The van der Waals surface area contributed by atoms with E-state index in [-0.39, 0.29) is 0 Å². The normalized spacial score (nSPS) is 15.6. The van der Waals surface area contributed by atoms with Crippen molar-refractivity contribution in [2.45, 2.75) is 18.4 Å². The molecule has 2 aromatic heterocycles. The predicted molar refractivity (Wildman–Crippen MR) is 132 cm³/mol. The van der Waals surface area contributed by atoms with Gasteiger partial charge in [-0.2, -0.15) is 4.98 Å². The van der Waals surface area contributed by atoms with Crippen LogP contribution in [0.5, 0.6) is 0 Å². The molecule has 0 radical (unpaired) electrons. The molecule has 0 amide bonds. The summed E-state index contributed by atoms with van der Waals surface area (Å²) in [5.41, 5.74) is 5.31. The highest BCUT2D eigenvalue weighted by Crippen LogP contribution is 2.23. The molecular weight excluding hydrogens is 434 g/mol. The van der Waals surface area contributed by atoms with Crippen molar-refractivity contribution in [3.63, 3.8) is 0 Å². The first-order valence-electron chi connectivity index (χ1n) is 11.0. The van der Waals surface area contributed by atoms with Crippen LogP contribution < -0.4 is 5.32 Å². The van der Waals surface area contributed by atoms with Gasteiger partial charge in [0.05, 0.1) is 13.2 Å². The van der Waals surface area contributed by atoms with E-state index in [1.165, 1.54) is 11.1 Å². The van der Waals surface area contributed by atoms with E-state index in [9.17, 15) is 4.21 Å². The number of hydrogen-bond donors (Lipinski definition) is 1. The number of aromatic nitrogens is 3. The number of aryl methyl sites for hydroxylation is 1. The van der Waals surface area contributed by atoms with Crippen molar-refractivity contribution < 1.29 is 8.95 Å². The van der Waals surface area contributed by atoms with Gasteiger partial charge in [0.15, 0.2) is 0 Å². The number of anilines is 2. The number of nitrogens with one attached hydrogen (secondary N) is 1. The summed E-state index contributed by atoms with van der Waals surface area (Å²) in [4.78, 5) is 12.5. The third-order valence-corrected chi connectivity index (χ3v) is 6.91. The lowest BCUT2D eigenvalue weighted by Gasteiger charge is -2.27. The van der Waals surface area contributed by atoms with Crippen LogP contribution in [0, 0.1) is 6.92 Å². The van der Waals surface area contributed by atoms with Crippen LogP contribution >= 0.6 is 0 Å². The van der Waals surface area contributed by atoms with Gasteiger partial charge in [-0.05, 0) is 60.5 Å². The number of hydrogen-bond acceptors (Lipinski definition) is 6. The Morgan fingerprint density at radius 2 is 1.88 bits per heavy atom. The van der Waals surface area contributed by atoms with Crippen LogP contribution in [0.1, 0.15) is 11.1 Å². The molecule has 3 heterocycles. The number of rotatable bonds is 6. The minimum absolute atomic E-state index is 0.551. The van der Waals surface area contributed by atoms with Crippen LogP contribution in [0.2, 0.25) is 0 Å². The molecule has 4 aromatic rings. The number of benzene rings is 2. The van der Waals surface area contributed by atoms with E-state index in [0.717, 1.165) is 60.2 Å². The number of nitrogens with zero attached hydrogens (tertiary/aromatic N) is 4. The van der Waals surface area contributed by atoms with Gasteiger partial charge in [0.2, 0.25) is 5.95 Å². The average molecular weight is 462 g/mol. The summed E-state index contributed by atoms with van der Waals surface area (Å²) in [6, 6.07) is 16.1. The van der Waals surface area contributed by atoms with Crippen LogP contribution in [0.4, 0.5) is 11.6 Å². The minimum Gasteiger partial charge on any atom is -0.379 e. The zero-order valence-corrected chi connectivity index (χ0v) is 19.6. The molecule has 0 saturated carbocycles. The van der Waals surface area contributed by atoms with Gasteiger partial charge in [-0.25, -0.2) is 4.98 Å². The summed E-state index contributed by atoms with van der Waals surface area (Å²) < 4.78 is 19.2. The fraction of sp³-hybridized carbons (Fsp3) is 0.280. The summed E-state index contributed by atoms with van der Waals surface area (Å²) >= 11 is 0. The number of morpholine rings is 1. The Kier molecular flexibility index (Phi) is 6.22. The Bertz CT molecular complexity index is 1300. The molecule has 8 heteroatoms. The van der Waals surface area contributed by atoms with Gasteiger partial charge in [0, 0.05) is 70.7 Å². The molecule has 33 heavy (non-hydrogen) atoms. The molecule has 5 rings (SSSR count). The van der Waals surface area contributed by atoms with E-state index in [1.807, 2.05) is 47.3 Å². The minimum atomic E-state index is -0.998. The highest BCUT2D eigenvalue weighted by Gasteiger charge is 2.13. The first kappa shape index (κ1) is 21.8. The topological polar surface area (TPSA) is 72.3 Å².